The van der Waals surface area contributed by atoms with Gasteiger partial charge in [-0.1, -0.05) is 6.07 Å². The van der Waals surface area contributed by atoms with Crippen LogP contribution in [0.1, 0.15) is 54.4 Å². The number of hydrogen-bond donors (Lipinski definition) is 2. The number of carbonyl (C=O) groups excluding carboxylic acids is 2. The van der Waals surface area contributed by atoms with Gasteiger partial charge in [0.25, 0.3) is 5.91 Å². The average Bonchev–Trinajstić information content (AvgIpc) is 3.32. The minimum absolute atomic E-state index is 0.0238. The van der Waals surface area contributed by atoms with Crippen molar-refractivity contribution in [1.29, 1.82) is 0 Å². The summed E-state index contributed by atoms with van der Waals surface area (Å²) < 4.78 is 20.5. The smallest absolute Gasteiger partial charge is 0.270 e. The molecule has 1 saturated carbocycles. The Balaban J connectivity index is 1.38. The number of aromatic nitrogens is 4. The van der Waals surface area contributed by atoms with Crippen molar-refractivity contribution < 1.29 is 18.7 Å². The standard InChI is InChI=1S/C26H31FN6O3/c1-16-10-20(12-23(30-16)26(35)28-13-19-6-9-22(27)24(11-19)36-3)25-29-15-33(32-25)14-18-4-7-21(8-5-18)31-17(2)34/h6,9-12,15,18,21H,4-5,7-8,13-14H2,1-3H3,(H,28,35)(H,31,34). The van der Waals surface area contributed by atoms with Crippen LogP contribution in [0.15, 0.2) is 36.7 Å². The second kappa shape index (κ2) is 11.3. The van der Waals surface area contributed by atoms with Gasteiger partial charge in [0.2, 0.25) is 5.91 Å². The summed E-state index contributed by atoms with van der Waals surface area (Å²) >= 11 is 0. The predicted molar refractivity (Wildman–Crippen MR) is 132 cm³/mol. The van der Waals surface area contributed by atoms with Crippen LogP contribution in [0.25, 0.3) is 11.4 Å². The molecule has 3 aromatic rings. The number of nitrogens with zero attached hydrogens (tertiary/aromatic N) is 4. The van der Waals surface area contributed by atoms with Crippen molar-refractivity contribution in [3.05, 3.63) is 59.4 Å². The first-order valence-electron chi connectivity index (χ1n) is 12.1. The zero-order valence-electron chi connectivity index (χ0n) is 20.8. The average molecular weight is 495 g/mol. The third-order valence-corrected chi connectivity index (χ3v) is 6.35. The molecule has 0 atom stereocenters. The molecule has 2 amide bonds. The Morgan fingerprint density at radius 1 is 1.17 bits per heavy atom. The summed E-state index contributed by atoms with van der Waals surface area (Å²) in [6.07, 6.45) is 5.71. The van der Waals surface area contributed by atoms with E-state index in [9.17, 15) is 14.0 Å². The normalized spacial score (nSPS) is 17.4. The summed E-state index contributed by atoms with van der Waals surface area (Å²) in [6.45, 7) is 4.34. The van der Waals surface area contributed by atoms with Gasteiger partial charge in [-0.15, -0.1) is 0 Å². The lowest BCUT2D eigenvalue weighted by atomic mass is 9.86. The summed E-state index contributed by atoms with van der Waals surface area (Å²) in [4.78, 5) is 32.9. The van der Waals surface area contributed by atoms with Crippen molar-refractivity contribution >= 4 is 11.8 Å². The van der Waals surface area contributed by atoms with E-state index in [1.54, 1.807) is 31.5 Å². The molecule has 2 N–H and O–H groups in total. The van der Waals surface area contributed by atoms with Crippen LogP contribution in [0.2, 0.25) is 0 Å². The fourth-order valence-electron chi connectivity index (χ4n) is 4.56. The first-order chi connectivity index (χ1) is 17.3. The molecule has 9 nitrogen and oxygen atoms in total. The Labute approximate surface area is 209 Å². The van der Waals surface area contributed by atoms with Gasteiger partial charge in [-0.2, -0.15) is 5.10 Å². The SMILES string of the molecule is COc1cc(CNC(=O)c2cc(-c3ncn(CC4CCC(NC(C)=O)CC4)n3)cc(C)n2)ccc1F. The topological polar surface area (TPSA) is 111 Å². The Hall–Kier alpha value is -3.82. The monoisotopic (exact) mass is 494 g/mol. The molecule has 2 heterocycles. The van der Waals surface area contributed by atoms with Crippen molar-refractivity contribution in [2.75, 3.05) is 7.11 Å². The Morgan fingerprint density at radius 3 is 2.67 bits per heavy atom. The Kier molecular flexibility index (Phi) is 7.92. The number of methoxy groups -OCH3 is 1. The summed E-state index contributed by atoms with van der Waals surface area (Å²) in [7, 11) is 1.40. The van der Waals surface area contributed by atoms with E-state index < -0.39 is 5.82 Å². The minimum Gasteiger partial charge on any atom is -0.494 e. The first kappa shape index (κ1) is 25.3. The molecule has 0 unspecified atom stereocenters. The van der Waals surface area contributed by atoms with Crippen molar-refractivity contribution in [2.24, 2.45) is 5.92 Å². The summed E-state index contributed by atoms with van der Waals surface area (Å²) in [6, 6.07) is 8.23. The molecule has 0 bridgehead atoms. The molecule has 0 aliphatic heterocycles. The lowest BCUT2D eigenvalue weighted by molar-refractivity contribution is -0.119. The number of ether oxygens (including phenoxy) is 1. The highest BCUT2D eigenvalue weighted by Crippen LogP contribution is 2.26. The first-order valence-corrected chi connectivity index (χ1v) is 12.1. The van der Waals surface area contributed by atoms with Crippen LogP contribution in [-0.2, 0) is 17.9 Å². The third-order valence-electron chi connectivity index (χ3n) is 6.35. The van der Waals surface area contributed by atoms with Crippen molar-refractivity contribution in [2.45, 2.75) is 58.7 Å². The number of halogens is 1. The zero-order chi connectivity index (χ0) is 25.7. The molecule has 1 aliphatic rings. The molecular formula is C26H31FN6O3. The van der Waals surface area contributed by atoms with Gasteiger partial charge in [0.05, 0.1) is 7.11 Å². The van der Waals surface area contributed by atoms with Gasteiger partial charge in [-0.05, 0) is 68.4 Å². The maximum absolute atomic E-state index is 13.6. The van der Waals surface area contributed by atoms with Gasteiger partial charge >= 0.3 is 0 Å². The molecular weight excluding hydrogens is 463 g/mol. The van der Waals surface area contributed by atoms with Crippen LogP contribution in [0.4, 0.5) is 4.39 Å². The van der Waals surface area contributed by atoms with Crippen LogP contribution in [-0.4, -0.2) is 44.7 Å². The second-order valence-corrected chi connectivity index (χ2v) is 9.24. The molecule has 190 valence electrons. The molecule has 2 aromatic heterocycles. The van der Waals surface area contributed by atoms with Crippen LogP contribution in [0.5, 0.6) is 5.75 Å². The third kappa shape index (κ3) is 6.44. The predicted octanol–water partition coefficient (Wildman–Crippen LogP) is 3.42. The molecule has 0 saturated heterocycles. The lowest BCUT2D eigenvalue weighted by Gasteiger charge is -2.28. The summed E-state index contributed by atoms with van der Waals surface area (Å²) in [5, 5.41) is 10.5. The van der Waals surface area contributed by atoms with Gasteiger partial charge in [-0.3, -0.25) is 14.3 Å². The van der Waals surface area contributed by atoms with Crippen LogP contribution < -0.4 is 15.4 Å². The summed E-state index contributed by atoms with van der Waals surface area (Å²) in [5.74, 6) is 0.358. The van der Waals surface area contributed by atoms with E-state index in [4.69, 9.17) is 4.74 Å². The van der Waals surface area contributed by atoms with Crippen molar-refractivity contribution in [3.63, 3.8) is 0 Å². The summed E-state index contributed by atoms with van der Waals surface area (Å²) in [5.41, 5.74) is 2.35. The number of hydrogen-bond acceptors (Lipinski definition) is 6. The minimum atomic E-state index is -0.456. The molecule has 36 heavy (non-hydrogen) atoms. The molecule has 10 heteroatoms. The number of nitrogens with one attached hydrogen (secondary N) is 2. The molecule has 4 rings (SSSR count). The van der Waals surface area contributed by atoms with Gasteiger partial charge in [-0.25, -0.2) is 14.4 Å². The highest BCUT2D eigenvalue weighted by Gasteiger charge is 2.22. The van der Waals surface area contributed by atoms with E-state index >= 15 is 0 Å². The van der Waals surface area contributed by atoms with Crippen LogP contribution in [0, 0.1) is 18.7 Å². The van der Waals surface area contributed by atoms with Crippen LogP contribution in [0.3, 0.4) is 0 Å². The number of rotatable bonds is 8. The molecule has 1 fully saturated rings. The number of aryl methyl sites for hydroxylation is 1. The van der Waals surface area contributed by atoms with Gasteiger partial charge < -0.3 is 15.4 Å². The lowest BCUT2D eigenvalue weighted by Crippen LogP contribution is -2.36. The van der Waals surface area contributed by atoms with Gasteiger partial charge in [0.1, 0.15) is 12.0 Å². The van der Waals surface area contributed by atoms with Gasteiger partial charge in [0.15, 0.2) is 17.4 Å². The molecule has 0 radical (unpaired) electrons. The second-order valence-electron chi connectivity index (χ2n) is 9.24. The number of benzene rings is 1. The highest BCUT2D eigenvalue weighted by molar-refractivity contribution is 5.93. The van der Waals surface area contributed by atoms with E-state index in [0.29, 0.717) is 28.6 Å². The fraction of sp³-hybridized carbons (Fsp3) is 0.423. The van der Waals surface area contributed by atoms with Crippen molar-refractivity contribution in [3.8, 4) is 17.1 Å². The Bertz CT molecular complexity index is 1240. The quantitative estimate of drug-likeness (QED) is 0.496. The van der Waals surface area contributed by atoms with E-state index in [1.165, 1.54) is 13.2 Å². The zero-order valence-corrected chi connectivity index (χ0v) is 20.8. The number of pyridine rings is 1. The van der Waals surface area contributed by atoms with E-state index in [1.807, 2.05) is 17.7 Å². The molecule has 1 aliphatic carbocycles. The van der Waals surface area contributed by atoms with Gasteiger partial charge in [0, 0.05) is 37.3 Å². The molecule has 1 aromatic carbocycles. The van der Waals surface area contributed by atoms with Crippen LogP contribution >= 0.6 is 0 Å². The highest BCUT2D eigenvalue weighted by atomic mass is 19.1. The number of carbonyl (C=O) groups is 2. The maximum atomic E-state index is 13.6. The van der Waals surface area contributed by atoms with Crippen molar-refractivity contribution in [1.82, 2.24) is 30.4 Å². The van der Waals surface area contributed by atoms with E-state index in [2.05, 4.69) is 25.7 Å². The molecule has 0 spiro atoms. The number of amides is 2. The largest absolute Gasteiger partial charge is 0.494 e. The van der Waals surface area contributed by atoms with E-state index in [0.717, 1.165) is 32.2 Å². The fourth-order valence-corrected chi connectivity index (χ4v) is 4.56. The Morgan fingerprint density at radius 2 is 1.94 bits per heavy atom. The maximum Gasteiger partial charge on any atom is 0.270 e. The van der Waals surface area contributed by atoms with E-state index in [-0.39, 0.29) is 35.8 Å².